The highest BCUT2D eigenvalue weighted by Crippen LogP contribution is 2.24. The first kappa shape index (κ1) is 18.6. The molecule has 1 amide bonds. The predicted octanol–water partition coefficient (Wildman–Crippen LogP) is 2.28. The van der Waals surface area contributed by atoms with Crippen molar-refractivity contribution >= 4 is 17.5 Å². The van der Waals surface area contributed by atoms with Crippen molar-refractivity contribution in [1.82, 2.24) is 25.3 Å². The first-order chi connectivity index (χ1) is 13.0. The Balaban J connectivity index is 1.57. The van der Waals surface area contributed by atoms with Gasteiger partial charge in [-0.05, 0) is 31.2 Å². The maximum atomic E-state index is 12.0. The minimum absolute atomic E-state index is 0.222. The van der Waals surface area contributed by atoms with Gasteiger partial charge in [-0.1, -0.05) is 17.7 Å². The van der Waals surface area contributed by atoms with Gasteiger partial charge in [0.05, 0.1) is 34.6 Å². The van der Waals surface area contributed by atoms with E-state index in [1.165, 1.54) is 6.07 Å². The average Bonchev–Trinajstić information content (AvgIpc) is 3.31. The lowest BCUT2D eigenvalue weighted by Gasteiger charge is -2.04. The van der Waals surface area contributed by atoms with E-state index in [4.69, 9.17) is 16.9 Å². The SMILES string of the molecule is C[C@@H](O)c1cc(C(=O)NCCn2ccc(-c3ccc(C#N)c(Cl)c3)n2)n[nH]1. The number of aliphatic hydroxyl groups excluding tert-OH is 1. The van der Waals surface area contributed by atoms with Gasteiger partial charge in [-0.2, -0.15) is 15.5 Å². The average molecular weight is 385 g/mol. The van der Waals surface area contributed by atoms with Crippen molar-refractivity contribution in [2.75, 3.05) is 6.54 Å². The number of nitrogens with one attached hydrogen (secondary N) is 2. The summed E-state index contributed by atoms with van der Waals surface area (Å²) in [6.07, 6.45) is 1.09. The van der Waals surface area contributed by atoms with Gasteiger partial charge in [-0.25, -0.2) is 0 Å². The Morgan fingerprint density at radius 3 is 2.93 bits per heavy atom. The molecule has 9 heteroatoms. The molecule has 0 aliphatic carbocycles. The number of aliphatic hydroxyl groups is 1. The molecule has 1 aromatic carbocycles. The van der Waals surface area contributed by atoms with E-state index >= 15 is 0 Å². The second kappa shape index (κ2) is 8.03. The number of rotatable bonds is 6. The molecule has 27 heavy (non-hydrogen) atoms. The zero-order valence-electron chi connectivity index (χ0n) is 14.5. The highest BCUT2D eigenvalue weighted by atomic mass is 35.5. The fraction of sp³-hybridized carbons (Fsp3) is 0.222. The number of amides is 1. The number of aromatic amines is 1. The largest absolute Gasteiger partial charge is 0.387 e. The fourth-order valence-corrected chi connectivity index (χ4v) is 2.67. The molecule has 138 valence electrons. The molecule has 1 atom stereocenters. The molecule has 0 spiro atoms. The summed E-state index contributed by atoms with van der Waals surface area (Å²) >= 11 is 6.06. The monoisotopic (exact) mass is 384 g/mol. The second-order valence-corrected chi connectivity index (χ2v) is 6.32. The number of hydrogen-bond donors (Lipinski definition) is 3. The van der Waals surface area contributed by atoms with Crippen LogP contribution in [0.3, 0.4) is 0 Å². The van der Waals surface area contributed by atoms with Crippen LogP contribution < -0.4 is 5.32 Å². The van der Waals surface area contributed by atoms with Crippen LogP contribution >= 0.6 is 11.6 Å². The fourth-order valence-electron chi connectivity index (χ4n) is 2.45. The Morgan fingerprint density at radius 1 is 1.44 bits per heavy atom. The Kier molecular flexibility index (Phi) is 5.54. The van der Waals surface area contributed by atoms with Crippen molar-refractivity contribution in [2.24, 2.45) is 0 Å². The maximum absolute atomic E-state index is 12.0. The first-order valence-corrected chi connectivity index (χ1v) is 8.61. The highest BCUT2D eigenvalue weighted by molar-refractivity contribution is 6.32. The van der Waals surface area contributed by atoms with E-state index in [1.54, 1.807) is 36.0 Å². The van der Waals surface area contributed by atoms with Gasteiger partial charge in [-0.3, -0.25) is 14.6 Å². The number of hydrogen-bond acceptors (Lipinski definition) is 5. The minimum Gasteiger partial charge on any atom is -0.387 e. The zero-order chi connectivity index (χ0) is 19.4. The molecule has 8 nitrogen and oxygen atoms in total. The smallest absolute Gasteiger partial charge is 0.271 e. The summed E-state index contributed by atoms with van der Waals surface area (Å²) in [5.41, 5.74) is 2.66. The first-order valence-electron chi connectivity index (χ1n) is 8.23. The molecular formula is C18H17ClN6O2. The van der Waals surface area contributed by atoms with Crippen molar-refractivity contribution in [3.05, 3.63) is 58.5 Å². The number of nitriles is 1. The zero-order valence-corrected chi connectivity index (χ0v) is 15.2. The Labute approximate surface area is 160 Å². The van der Waals surface area contributed by atoms with E-state index in [9.17, 15) is 9.90 Å². The molecular weight excluding hydrogens is 368 g/mol. The normalized spacial score (nSPS) is 11.8. The molecule has 0 saturated carbocycles. The van der Waals surface area contributed by atoms with Crippen LogP contribution in [0.4, 0.5) is 0 Å². The second-order valence-electron chi connectivity index (χ2n) is 5.91. The van der Waals surface area contributed by atoms with Crippen LogP contribution in [-0.2, 0) is 6.54 Å². The van der Waals surface area contributed by atoms with Gasteiger partial charge in [0, 0.05) is 18.3 Å². The summed E-state index contributed by atoms with van der Waals surface area (Å²) in [7, 11) is 0. The number of carbonyl (C=O) groups excluding carboxylic acids is 1. The molecule has 3 N–H and O–H groups in total. The quantitative estimate of drug-likeness (QED) is 0.602. The van der Waals surface area contributed by atoms with Gasteiger partial charge in [0.25, 0.3) is 5.91 Å². The van der Waals surface area contributed by atoms with Gasteiger partial charge < -0.3 is 10.4 Å². The van der Waals surface area contributed by atoms with E-state index < -0.39 is 6.10 Å². The van der Waals surface area contributed by atoms with Gasteiger partial charge in [-0.15, -0.1) is 0 Å². The van der Waals surface area contributed by atoms with E-state index in [-0.39, 0.29) is 11.6 Å². The number of H-pyrrole nitrogens is 1. The summed E-state index contributed by atoms with van der Waals surface area (Å²) in [4.78, 5) is 12.0. The van der Waals surface area contributed by atoms with Crippen molar-refractivity contribution in [2.45, 2.75) is 19.6 Å². The third-order valence-corrected chi connectivity index (χ3v) is 4.25. The third kappa shape index (κ3) is 4.34. The van der Waals surface area contributed by atoms with Crippen LogP contribution in [0, 0.1) is 11.3 Å². The van der Waals surface area contributed by atoms with E-state index in [2.05, 4.69) is 20.6 Å². The summed E-state index contributed by atoms with van der Waals surface area (Å²) < 4.78 is 1.70. The molecule has 2 heterocycles. The number of benzene rings is 1. The Hall–Kier alpha value is -3.15. The van der Waals surface area contributed by atoms with E-state index in [1.807, 2.05) is 12.1 Å². The molecule has 0 saturated heterocycles. The highest BCUT2D eigenvalue weighted by Gasteiger charge is 2.12. The van der Waals surface area contributed by atoms with Gasteiger partial charge in [0.1, 0.15) is 11.8 Å². The van der Waals surface area contributed by atoms with Crippen LogP contribution in [-0.4, -0.2) is 37.5 Å². The van der Waals surface area contributed by atoms with Crippen LogP contribution in [0.25, 0.3) is 11.3 Å². The lowest BCUT2D eigenvalue weighted by Crippen LogP contribution is -2.27. The number of halogens is 1. The third-order valence-electron chi connectivity index (χ3n) is 3.93. The van der Waals surface area contributed by atoms with Crippen LogP contribution in [0.2, 0.25) is 5.02 Å². The minimum atomic E-state index is -0.711. The van der Waals surface area contributed by atoms with E-state index in [0.717, 1.165) is 11.3 Å². The van der Waals surface area contributed by atoms with E-state index in [0.29, 0.717) is 29.4 Å². The lowest BCUT2D eigenvalue weighted by molar-refractivity contribution is 0.0947. The van der Waals surface area contributed by atoms with Crippen LogP contribution in [0.5, 0.6) is 0 Å². The summed E-state index contributed by atoms with van der Waals surface area (Å²) in [6, 6.07) is 10.5. The van der Waals surface area contributed by atoms with Crippen molar-refractivity contribution in [3.8, 4) is 17.3 Å². The van der Waals surface area contributed by atoms with Crippen molar-refractivity contribution in [3.63, 3.8) is 0 Å². The van der Waals surface area contributed by atoms with Crippen molar-refractivity contribution in [1.29, 1.82) is 5.26 Å². The number of nitrogens with zero attached hydrogens (tertiary/aromatic N) is 4. The van der Waals surface area contributed by atoms with Crippen LogP contribution in [0.1, 0.15) is 34.8 Å². The molecule has 2 aromatic heterocycles. The molecule has 3 aromatic rings. The molecule has 0 radical (unpaired) electrons. The summed E-state index contributed by atoms with van der Waals surface area (Å²) in [6.45, 7) is 2.43. The van der Waals surface area contributed by atoms with Crippen molar-refractivity contribution < 1.29 is 9.90 Å². The standard InChI is InChI=1S/C18H17ClN6O2/c1-11(26)16-9-17(23-22-16)18(27)21-5-7-25-6-4-15(24-25)12-2-3-13(10-20)14(19)8-12/h2-4,6,8-9,11,26H,5,7H2,1H3,(H,21,27)(H,22,23)/t11-/m1/s1. The topological polar surface area (TPSA) is 120 Å². The summed E-state index contributed by atoms with van der Waals surface area (Å²) in [5.74, 6) is -0.329. The predicted molar refractivity (Wildman–Crippen MR) is 98.9 cm³/mol. The lowest BCUT2D eigenvalue weighted by atomic mass is 10.1. The Bertz CT molecular complexity index is 1000. The van der Waals surface area contributed by atoms with Crippen LogP contribution in [0.15, 0.2) is 36.5 Å². The van der Waals surface area contributed by atoms with Gasteiger partial charge >= 0.3 is 0 Å². The molecule has 0 fully saturated rings. The van der Waals surface area contributed by atoms with Gasteiger partial charge in [0.2, 0.25) is 0 Å². The van der Waals surface area contributed by atoms with Gasteiger partial charge in [0.15, 0.2) is 0 Å². The summed E-state index contributed by atoms with van der Waals surface area (Å²) in [5, 5.41) is 32.4. The molecule has 0 unspecified atom stereocenters. The molecule has 3 rings (SSSR count). The number of carbonyl (C=O) groups is 1. The Morgan fingerprint density at radius 2 is 2.26 bits per heavy atom. The molecule has 0 aliphatic rings. The maximum Gasteiger partial charge on any atom is 0.271 e. The number of aromatic nitrogens is 4. The molecule has 0 bridgehead atoms. The molecule has 0 aliphatic heterocycles.